The van der Waals surface area contributed by atoms with Crippen LogP contribution in [0.2, 0.25) is 0 Å². The van der Waals surface area contributed by atoms with Crippen LogP contribution in [0.1, 0.15) is 65.4 Å². The molecule has 1 saturated carbocycles. The maximum absolute atomic E-state index is 10.2. The van der Waals surface area contributed by atoms with Crippen LogP contribution in [0.5, 0.6) is 5.75 Å². The molecule has 0 amide bonds. The zero-order valence-corrected chi connectivity index (χ0v) is 13.9. The summed E-state index contributed by atoms with van der Waals surface area (Å²) in [5, 5.41) is 10.2. The van der Waals surface area contributed by atoms with Crippen LogP contribution in [0.25, 0.3) is 0 Å². The van der Waals surface area contributed by atoms with Crippen molar-refractivity contribution < 1.29 is 9.84 Å². The Morgan fingerprint density at radius 2 is 1.81 bits per heavy atom. The molecule has 0 heterocycles. The summed E-state index contributed by atoms with van der Waals surface area (Å²) in [5.41, 5.74) is 1.47. The lowest BCUT2D eigenvalue weighted by Crippen LogP contribution is -2.38. The van der Waals surface area contributed by atoms with Crippen LogP contribution < -0.4 is 4.74 Å². The highest BCUT2D eigenvalue weighted by molar-refractivity contribution is 5.31. The summed E-state index contributed by atoms with van der Waals surface area (Å²) >= 11 is 0. The van der Waals surface area contributed by atoms with Gasteiger partial charge in [0.05, 0.1) is 6.10 Å². The summed E-state index contributed by atoms with van der Waals surface area (Å²) in [6.45, 7) is 8.86. The molecule has 2 heteroatoms. The molecule has 0 aliphatic heterocycles. The molecule has 21 heavy (non-hydrogen) atoms. The van der Waals surface area contributed by atoms with Gasteiger partial charge in [-0.3, -0.25) is 0 Å². The summed E-state index contributed by atoms with van der Waals surface area (Å²) < 4.78 is 6.06. The number of ether oxygens (including phenoxy) is 1. The Kier molecular flexibility index (Phi) is 5.32. The average molecular weight is 290 g/mol. The second-order valence-electron chi connectivity index (χ2n) is 7.47. The Bertz CT molecular complexity index is 430. The molecule has 0 aromatic heterocycles. The van der Waals surface area contributed by atoms with Gasteiger partial charge in [0.1, 0.15) is 11.9 Å². The molecular weight excluding hydrogens is 260 g/mol. The molecule has 1 aromatic carbocycles. The summed E-state index contributed by atoms with van der Waals surface area (Å²) in [7, 11) is 0. The van der Waals surface area contributed by atoms with E-state index in [-0.39, 0.29) is 17.6 Å². The highest BCUT2D eigenvalue weighted by Crippen LogP contribution is 2.31. The quantitative estimate of drug-likeness (QED) is 0.871. The molecule has 1 aliphatic carbocycles. The maximum atomic E-state index is 10.2. The van der Waals surface area contributed by atoms with Crippen LogP contribution in [0, 0.1) is 5.92 Å². The first-order chi connectivity index (χ1) is 9.90. The third-order valence-electron chi connectivity index (χ3n) is 4.57. The highest BCUT2D eigenvalue weighted by atomic mass is 16.5. The molecule has 1 N–H and O–H groups in total. The minimum atomic E-state index is -0.319. The molecule has 0 saturated heterocycles. The summed E-state index contributed by atoms with van der Waals surface area (Å²) in [6.07, 6.45) is 5.09. The monoisotopic (exact) mass is 290 g/mol. The minimum Gasteiger partial charge on any atom is -0.488 e. The zero-order chi connectivity index (χ0) is 15.5. The van der Waals surface area contributed by atoms with Crippen molar-refractivity contribution in [2.24, 2.45) is 5.92 Å². The lowest BCUT2D eigenvalue weighted by molar-refractivity contribution is -0.0117. The molecule has 1 fully saturated rings. The number of hydrogen-bond donors (Lipinski definition) is 1. The number of aliphatic hydroxyl groups is 1. The number of benzene rings is 1. The molecule has 118 valence electrons. The molecule has 0 bridgehead atoms. The van der Waals surface area contributed by atoms with Crippen LogP contribution >= 0.6 is 0 Å². The molecular formula is C19H30O2. The van der Waals surface area contributed by atoms with Gasteiger partial charge in [-0.25, -0.2) is 0 Å². The predicted octanol–water partition coefficient (Wildman–Crippen LogP) is 4.69. The van der Waals surface area contributed by atoms with Crippen molar-refractivity contribution in [2.75, 3.05) is 0 Å². The fourth-order valence-electron chi connectivity index (χ4n) is 3.20. The van der Waals surface area contributed by atoms with Gasteiger partial charge in [0.25, 0.3) is 0 Å². The second-order valence-corrected chi connectivity index (χ2v) is 7.47. The van der Waals surface area contributed by atoms with E-state index in [0.717, 1.165) is 25.0 Å². The molecule has 3 unspecified atom stereocenters. The average Bonchev–Trinajstić information content (AvgIpc) is 2.42. The van der Waals surface area contributed by atoms with Crippen molar-refractivity contribution >= 4 is 0 Å². The molecule has 0 radical (unpaired) electrons. The van der Waals surface area contributed by atoms with Crippen molar-refractivity contribution in [1.82, 2.24) is 0 Å². The largest absolute Gasteiger partial charge is 0.488 e. The van der Waals surface area contributed by atoms with E-state index >= 15 is 0 Å². The molecule has 1 aromatic rings. The Balaban J connectivity index is 1.99. The molecule has 1 aliphatic rings. The standard InChI is InChI=1S/C19H30O2/c1-5-6-14-7-12-17(20)18(13-14)21-16-10-8-15(9-11-16)19(2,3)4/h8-11,14,17-18,20H,5-7,12-13H2,1-4H3. The summed E-state index contributed by atoms with van der Waals surface area (Å²) in [4.78, 5) is 0. The smallest absolute Gasteiger partial charge is 0.125 e. The Morgan fingerprint density at radius 1 is 1.14 bits per heavy atom. The highest BCUT2D eigenvalue weighted by Gasteiger charge is 2.30. The molecule has 0 spiro atoms. The van der Waals surface area contributed by atoms with E-state index < -0.39 is 0 Å². The van der Waals surface area contributed by atoms with Gasteiger partial charge in [-0.1, -0.05) is 52.7 Å². The van der Waals surface area contributed by atoms with Crippen molar-refractivity contribution in [3.8, 4) is 5.75 Å². The van der Waals surface area contributed by atoms with E-state index in [1.807, 2.05) is 12.1 Å². The first-order valence-corrected chi connectivity index (χ1v) is 8.35. The van der Waals surface area contributed by atoms with Crippen molar-refractivity contribution in [2.45, 2.75) is 77.4 Å². The molecule has 3 atom stereocenters. The first kappa shape index (κ1) is 16.4. The van der Waals surface area contributed by atoms with Gasteiger partial charge < -0.3 is 9.84 Å². The fraction of sp³-hybridized carbons (Fsp3) is 0.684. The lowest BCUT2D eigenvalue weighted by Gasteiger charge is -2.33. The minimum absolute atomic E-state index is 0.0456. The SMILES string of the molecule is CCCC1CCC(O)C(Oc2ccc(C(C)(C)C)cc2)C1. The van der Waals surface area contributed by atoms with Gasteiger partial charge in [-0.05, 0) is 48.3 Å². The van der Waals surface area contributed by atoms with Crippen LogP contribution in [0.3, 0.4) is 0 Å². The van der Waals surface area contributed by atoms with E-state index in [2.05, 4.69) is 39.8 Å². The van der Waals surface area contributed by atoms with Gasteiger partial charge in [0, 0.05) is 0 Å². The maximum Gasteiger partial charge on any atom is 0.125 e. The van der Waals surface area contributed by atoms with E-state index in [0.29, 0.717) is 5.92 Å². The van der Waals surface area contributed by atoms with Crippen molar-refractivity contribution in [3.63, 3.8) is 0 Å². The van der Waals surface area contributed by atoms with Crippen LogP contribution in [0.4, 0.5) is 0 Å². The van der Waals surface area contributed by atoms with Gasteiger partial charge >= 0.3 is 0 Å². The van der Waals surface area contributed by atoms with E-state index in [9.17, 15) is 5.11 Å². The summed E-state index contributed by atoms with van der Waals surface area (Å²) in [5.74, 6) is 1.58. The Labute approximate surface area is 129 Å². The van der Waals surface area contributed by atoms with Crippen LogP contribution in [-0.2, 0) is 5.41 Å². The van der Waals surface area contributed by atoms with E-state index in [1.165, 1.54) is 18.4 Å². The topological polar surface area (TPSA) is 29.5 Å². The zero-order valence-electron chi connectivity index (χ0n) is 13.9. The molecule has 2 rings (SSSR count). The number of hydrogen-bond acceptors (Lipinski definition) is 2. The number of rotatable bonds is 4. The van der Waals surface area contributed by atoms with Crippen LogP contribution in [0.15, 0.2) is 24.3 Å². The Hall–Kier alpha value is -1.02. The van der Waals surface area contributed by atoms with Gasteiger partial charge in [-0.2, -0.15) is 0 Å². The summed E-state index contributed by atoms with van der Waals surface area (Å²) in [6, 6.07) is 8.34. The second kappa shape index (κ2) is 6.83. The number of aliphatic hydroxyl groups excluding tert-OH is 1. The van der Waals surface area contributed by atoms with Crippen LogP contribution in [-0.4, -0.2) is 17.3 Å². The molecule has 2 nitrogen and oxygen atoms in total. The first-order valence-electron chi connectivity index (χ1n) is 8.35. The third-order valence-corrected chi connectivity index (χ3v) is 4.57. The fourth-order valence-corrected chi connectivity index (χ4v) is 3.20. The van der Waals surface area contributed by atoms with Gasteiger partial charge in [0.15, 0.2) is 0 Å². The predicted molar refractivity (Wildman–Crippen MR) is 87.8 cm³/mol. The lowest BCUT2D eigenvalue weighted by atomic mass is 9.83. The third kappa shape index (κ3) is 4.47. The van der Waals surface area contributed by atoms with E-state index in [1.54, 1.807) is 0 Å². The van der Waals surface area contributed by atoms with Crippen molar-refractivity contribution in [1.29, 1.82) is 0 Å². The normalized spacial score (nSPS) is 26.6. The van der Waals surface area contributed by atoms with Gasteiger partial charge in [-0.15, -0.1) is 0 Å². The Morgan fingerprint density at radius 3 is 2.38 bits per heavy atom. The van der Waals surface area contributed by atoms with Gasteiger partial charge in [0.2, 0.25) is 0 Å². The van der Waals surface area contributed by atoms with Crippen molar-refractivity contribution in [3.05, 3.63) is 29.8 Å². The van der Waals surface area contributed by atoms with E-state index in [4.69, 9.17) is 4.74 Å².